The summed E-state index contributed by atoms with van der Waals surface area (Å²) in [6.45, 7) is 0.584. The van der Waals surface area contributed by atoms with Crippen LogP contribution in [0.25, 0.3) is 65.7 Å². The summed E-state index contributed by atoms with van der Waals surface area (Å²) < 4.78 is 0. The number of pyridine rings is 1. The summed E-state index contributed by atoms with van der Waals surface area (Å²) in [7, 11) is 0. The Morgan fingerprint density at radius 2 is 1.22 bits per heavy atom. The molecule has 0 aliphatic carbocycles. The molecule has 0 fully saturated rings. The van der Waals surface area contributed by atoms with Crippen LogP contribution in [0.2, 0.25) is 0 Å². The minimum Gasteiger partial charge on any atom is -0.380 e. The normalized spacial score (nSPS) is 11.4. The lowest BCUT2D eigenvalue weighted by Gasteiger charge is -2.18. The minimum absolute atomic E-state index is 0.492. The number of nitrogens with one attached hydrogen (secondary N) is 2. The highest BCUT2D eigenvalue weighted by molar-refractivity contribution is 6.25. The lowest BCUT2D eigenvalue weighted by molar-refractivity contribution is 1.15. The van der Waals surface area contributed by atoms with Gasteiger partial charge in [-0.2, -0.15) is 0 Å². The van der Waals surface area contributed by atoms with Gasteiger partial charge in [0.15, 0.2) is 0 Å². The van der Waals surface area contributed by atoms with Crippen LogP contribution < -0.4 is 5.32 Å². The van der Waals surface area contributed by atoms with Crippen molar-refractivity contribution in [2.75, 3.05) is 5.32 Å². The third-order valence-corrected chi connectivity index (χ3v) is 9.77. The molecule has 0 spiro atoms. The monoisotopic (exact) mass is 639 g/mol. The van der Waals surface area contributed by atoms with Crippen LogP contribution in [0.5, 0.6) is 0 Å². The predicted octanol–water partition coefficient (Wildman–Crippen LogP) is 12.0. The molecule has 0 saturated carbocycles. The average molecular weight is 640 g/mol. The fourth-order valence-electron chi connectivity index (χ4n) is 7.31. The van der Waals surface area contributed by atoms with Crippen molar-refractivity contribution in [2.24, 2.45) is 0 Å². The first-order valence-corrected chi connectivity index (χ1v) is 17.0. The maximum Gasteiger partial charge on any atom is 0.0705 e. The Morgan fingerprint density at radius 3 is 2.00 bits per heavy atom. The second-order valence-corrected chi connectivity index (χ2v) is 12.9. The number of benzene rings is 8. The molecule has 0 amide bonds. The van der Waals surface area contributed by atoms with Crippen molar-refractivity contribution < 1.29 is 0 Å². The molecule has 2 N–H and O–H groups in total. The third-order valence-electron chi connectivity index (χ3n) is 9.77. The zero-order valence-electron chi connectivity index (χ0n) is 27.4. The Morgan fingerprint density at radius 1 is 0.520 bits per heavy atom. The number of hydrogen-bond acceptors (Lipinski definition) is 3. The summed E-state index contributed by atoms with van der Waals surface area (Å²) in [5.74, 6) is 0. The highest BCUT2D eigenvalue weighted by Gasteiger charge is 2.16. The number of aromatic nitrogens is 1. The highest BCUT2D eigenvalue weighted by atomic mass is 14.9. The first-order valence-electron chi connectivity index (χ1n) is 17.0. The molecule has 0 saturated heterocycles. The molecule has 3 heteroatoms. The van der Waals surface area contributed by atoms with E-state index in [0.29, 0.717) is 12.3 Å². The first kappa shape index (κ1) is 29.6. The lowest BCUT2D eigenvalue weighted by Crippen LogP contribution is -2.08. The second-order valence-electron chi connectivity index (χ2n) is 12.9. The van der Waals surface area contributed by atoms with Gasteiger partial charge in [0.25, 0.3) is 0 Å². The van der Waals surface area contributed by atoms with E-state index >= 15 is 0 Å². The molecule has 0 atom stereocenters. The van der Waals surface area contributed by atoms with E-state index in [1.807, 2.05) is 54.9 Å². The van der Waals surface area contributed by atoms with Crippen molar-refractivity contribution >= 4 is 43.7 Å². The molecule has 3 nitrogen and oxygen atoms in total. The van der Waals surface area contributed by atoms with E-state index in [1.165, 1.54) is 37.9 Å². The van der Waals surface area contributed by atoms with Gasteiger partial charge < -0.3 is 5.32 Å². The van der Waals surface area contributed by atoms with E-state index in [1.54, 1.807) is 0 Å². The molecule has 236 valence electrons. The molecule has 1 aromatic heterocycles. The smallest absolute Gasteiger partial charge is 0.0705 e. The van der Waals surface area contributed by atoms with Crippen molar-refractivity contribution in [3.8, 4) is 33.4 Å². The molecular formula is C47H33N3. The molecule has 1 heterocycles. The van der Waals surface area contributed by atoms with E-state index < -0.39 is 0 Å². The predicted molar refractivity (Wildman–Crippen MR) is 210 cm³/mol. The lowest BCUT2D eigenvalue weighted by atomic mass is 9.88. The molecule has 0 bridgehead atoms. The number of rotatable bonds is 8. The quantitative estimate of drug-likeness (QED) is 0.128. The van der Waals surface area contributed by atoms with Crippen molar-refractivity contribution in [1.82, 2.24) is 4.98 Å². The van der Waals surface area contributed by atoms with Crippen LogP contribution in [-0.2, 0) is 6.54 Å². The topological polar surface area (TPSA) is 48.8 Å². The standard InChI is InChI=1S/C47H33N3/c48-47(36-11-5-2-6-12-36)43-23-20-37(32-9-3-1-4-10-32)28-44(43)50-29-31-25-39(38-15-8-24-49-30-38)27-40(26-31)41-21-18-35-17-16-33-13-7-14-34-19-22-42(41)46(35)45(33)34/h1-28,30,48,50H,29H2. The van der Waals surface area contributed by atoms with Crippen LogP contribution in [0, 0.1) is 5.41 Å². The summed E-state index contributed by atoms with van der Waals surface area (Å²) >= 11 is 0. The molecule has 8 aromatic carbocycles. The van der Waals surface area contributed by atoms with E-state index in [9.17, 15) is 5.41 Å². The van der Waals surface area contributed by atoms with Crippen LogP contribution >= 0.6 is 0 Å². The summed E-state index contributed by atoms with van der Waals surface area (Å²) in [6, 6.07) is 57.8. The van der Waals surface area contributed by atoms with Gasteiger partial charge >= 0.3 is 0 Å². The summed E-state index contributed by atoms with van der Waals surface area (Å²) in [5, 5.41) is 20.6. The Hall–Kier alpha value is -6.58. The van der Waals surface area contributed by atoms with E-state index in [4.69, 9.17) is 0 Å². The fraction of sp³-hybridized carbons (Fsp3) is 0.0213. The van der Waals surface area contributed by atoms with Gasteiger partial charge in [0.2, 0.25) is 0 Å². The minimum atomic E-state index is 0.492. The zero-order valence-corrected chi connectivity index (χ0v) is 27.4. The van der Waals surface area contributed by atoms with Crippen molar-refractivity contribution in [1.29, 1.82) is 5.41 Å². The Labute approximate surface area is 291 Å². The molecule has 9 aromatic rings. The molecule has 50 heavy (non-hydrogen) atoms. The van der Waals surface area contributed by atoms with Gasteiger partial charge in [-0.05, 0) is 96.0 Å². The highest BCUT2D eigenvalue weighted by Crippen LogP contribution is 2.40. The molecule has 0 aliphatic rings. The fourth-order valence-corrected chi connectivity index (χ4v) is 7.31. The van der Waals surface area contributed by atoms with Crippen molar-refractivity contribution in [2.45, 2.75) is 6.54 Å². The van der Waals surface area contributed by atoms with Crippen molar-refractivity contribution in [3.63, 3.8) is 0 Å². The Balaban J connectivity index is 1.16. The first-order chi connectivity index (χ1) is 24.7. The van der Waals surface area contributed by atoms with Gasteiger partial charge in [0.05, 0.1) is 5.71 Å². The SMILES string of the molecule is N=C(c1ccccc1)c1ccc(-c2ccccc2)cc1NCc1cc(-c2cccnc2)cc(-c2ccc3ccc4cccc5ccc2c3c45)c1. The summed E-state index contributed by atoms with van der Waals surface area (Å²) in [6.07, 6.45) is 3.75. The van der Waals surface area contributed by atoms with Gasteiger partial charge in [0, 0.05) is 41.3 Å². The van der Waals surface area contributed by atoms with E-state index in [2.05, 4.69) is 132 Å². The summed E-state index contributed by atoms with van der Waals surface area (Å²) in [4.78, 5) is 4.45. The third kappa shape index (κ3) is 5.35. The van der Waals surface area contributed by atoms with Crippen LogP contribution in [0.15, 0.2) is 176 Å². The average Bonchev–Trinajstić information content (AvgIpc) is 3.19. The van der Waals surface area contributed by atoms with Crippen LogP contribution in [0.1, 0.15) is 16.7 Å². The van der Waals surface area contributed by atoms with Gasteiger partial charge in [-0.1, -0.05) is 133 Å². The second kappa shape index (κ2) is 12.5. The molecule has 0 radical (unpaired) electrons. The van der Waals surface area contributed by atoms with Gasteiger partial charge in [-0.3, -0.25) is 10.4 Å². The van der Waals surface area contributed by atoms with Crippen LogP contribution in [-0.4, -0.2) is 10.7 Å². The molecular weight excluding hydrogens is 607 g/mol. The molecule has 9 rings (SSSR count). The Bertz CT molecular complexity index is 2630. The van der Waals surface area contributed by atoms with Crippen molar-refractivity contribution in [3.05, 3.63) is 193 Å². The molecule has 0 aliphatic heterocycles. The number of nitrogens with zero attached hydrogens (tertiary/aromatic N) is 1. The summed E-state index contributed by atoms with van der Waals surface area (Å²) in [5.41, 5.74) is 11.1. The Kier molecular flexibility index (Phi) is 7.37. The molecule has 0 unspecified atom stereocenters. The maximum atomic E-state index is 9.18. The largest absolute Gasteiger partial charge is 0.380 e. The van der Waals surface area contributed by atoms with E-state index in [-0.39, 0.29) is 0 Å². The van der Waals surface area contributed by atoms with E-state index in [0.717, 1.165) is 50.2 Å². The zero-order chi connectivity index (χ0) is 33.4. The number of hydrogen-bond donors (Lipinski definition) is 2. The van der Waals surface area contributed by atoms with Gasteiger partial charge in [-0.25, -0.2) is 0 Å². The van der Waals surface area contributed by atoms with Crippen LogP contribution in [0.4, 0.5) is 5.69 Å². The number of anilines is 1. The van der Waals surface area contributed by atoms with Crippen LogP contribution in [0.3, 0.4) is 0 Å². The maximum absolute atomic E-state index is 9.18. The van der Waals surface area contributed by atoms with Gasteiger partial charge in [-0.15, -0.1) is 0 Å². The van der Waals surface area contributed by atoms with Gasteiger partial charge in [0.1, 0.15) is 0 Å².